The number of hydrogen-bond acceptors (Lipinski definition) is 2. The number of rotatable bonds is 5. The predicted molar refractivity (Wildman–Crippen MR) is 65.0 cm³/mol. The molecule has 0 bridgehead atoms. The van der Waals surface area contributed by atoms with E-state index in [1.165, 1.54) is 19.1 Å². The van der Waals surface area contributed by atoms with Crippen LogP contribution in [0.4, 0.5) is 10.1 Å². The van der Waals surface area contributed by atoms with Gasteiger partial charge < -0.3 is 5.32 Å². The second-order valence-corrected chi connectivity index (χ2v) is 3.96. The molecular weight excluding hydrogens is 245 g/mol. The van der Waals surface area contributed by atoms with Crippen molar-refractivity contribution in [3.63, 3.8) is 0 Å². The van der Waals surface area contributed by atoms with Crippen LogP contribution in [0.2, 0.25) is 0 Å². The lowest BCUT2D eigenvalue weighted by molar-refractivity contribution is -0.114. The van der Waals surface area contributed by atoms with Crippen molar-refractivity contribution in [1.82, 2.24) is 0 Å². The van der Waals surface area contributed by atoms with Crippen LogP contribution in [-0.4, -0.2) is 17.6 Å². The Morgan fingerprint density at radius 2 is 2.12 bits per heavy atom. The van der Waals surface area contributed by atoms with Gasteiger partial charge in [0.15, 0.2) is 5.78 Å². The second kappa shape index (κ2) is 6.35. The summed E-state index contributed by atoms with van der Waals surface area (Å²) >= 11 is 5.50. The molecule has 0 aliphatic heterocycles. The number of carbonyl (C=O) groups is 2. The number of nitrogens with one attached hydrogen (secondary N) is 1. The van der Waals surface area contributed by atoms with Gasteiger partial charge in [0.1, 0.15) is 5.82 Å². The Kier molecular flexibility index (Phi) is 5.10. The zero-order valence-electron chi connectivity index (χ0n) is 9.43. The summed E-state index contributed by atoms with van der Waals surface area (Å²) < 4.78 is 13.0. The van der Waals surface area contributed by atoms with Crippen LogP contribution in [-0.2, 0) is 4.79 Å². The number of anilines is 1. The summed E-state index contributed by atoms with van der Waals surface area (Å²) in [7, 11) is 0. The number of hydrogen-bond donors (Lipinski definition) is 1. The number of halogens is 2. The van der Waals surface area contributed by atoms with Crippen LogP contribution in [0.1, 0.15) is 30.1 Å². The van der Waals surface area contributed by atoms with Crippen LogP contribution >= 0.6 is 11.6 Å². The molecule has 17 heavy (non-hydrogen) atoms. The Bertz CT molecular complexity index is 435. The molecule has 0 aromatic heterocycles. The van der Waals surface area contributed by atoms with E-state index in [9.17, 15) is 14.0 Å². The van der Waals surface area contributed by atoms with Gasteiger partial charge in [-0.05, 0) is 24.6 Å². The molecule has 0 aliphatic carbocycles. The summed E-state index contributed by atoms with van der Waals surface area (Å²) in [6.45, 7) is 1.30. The lowest BCUT2D eigenvalue weighted by atomic mass is 10.0. The molecule has 1 amide bonds. The SMILES string of the molecule is CC(=O)Nc1cc(F)ccc1C(=O)CCCCl. The van der Waals surface area contributed by atoms with Crippen LogP contribution in [0.3, 0.4) is 0 Å². The molecule has 1 aromatic carbocycles. The Labute approximate surface area is 104 Å². The Balaban J connectivity index is 2.96. The Hall–Kier alpha value is -1.42. The Morgan fingerprint density at radius 1 is 1.41 bits per heavy atom. The summed E-state index contributed by atoms with van der Waals surface area (Å²) in [6, 6.07) is 3.70. The Morgan fingerprint density at radius 3 is 2.71 bits per heavy atom. The van der Waals surface area contributed by atoms with Crippen LogP contribution in [0.25, 0.3) is 0 Å². The highest BCUT2D eigenvalue weighted by molar-refractivity contribution is 6.18. The molecule has 0 saturated heterocycles. The lowest BCUT2D eigenvalue weighted by Crippen LogP contribution is -2.11. The molecule has 3 nitrogen and oxygen atoms in total. The van der Waals surface area contributed by atoms with E-state index in [-0.39, 0.29) is 23.8 Å². The highest BCUT2D eigenvalue weighted by atomic mass is 35.5. The van der Waals surface area contributed by atoms with Gasteiger partial charge in [0.2, 0.25) is 5.91 Å². The largest absolute Gasteiger partial charge is 0.326 e. The smallest absolute Gasteiger partial charge is 0.221 e. The van der Waals surface area contributed by atoms with Crippen LogP contribution in [0.5, 0.6) is 0 Å². The van der Waals surface area contributed by atoms with E-state index in [1.807, 2.05) is 0 Å². The summed E-state index contributed by atoms with van der Waals surface area (Å²) in [5.41, 5.74) is 0.517. The average Bonchev–Trinajstić information content (AvgIpc) is 2.25. The van der Waals surface area contributed by atoms with Crippen molar-refractivity contribution in [2.75, 3.05) is 11.2 Å². The van der Waals surface area contributed by atoms with Gasteiger partial charge >= 0.3 is 0 Å². The third-order valence-corrected chi connectivity index (χ3v) is 2.40. The fourth-order valence-corrected chi connectivity index (χ4v) is 1.55. The van der Waals surface area contributed by atoms with E-state index in [0.29, 0.717) is 17.9 Å². The molecule has 0 fully saturated rings. The molecule has 1 rings (SSSR count). The van der Waals surface area contributed by atoms with Crippen molar-refractivity contribution in [2.45, 2.75) is 19.8 Å². The summed E-state index contributed by atoms with van der Waals surface area (Å²) in [5.74, 6) is -0.610. The topological polar surface area (TPSA) is 46.2 Å². The van der Waals surface area contributed by atoms with E-state index in [4.69, 9.17) is 11.6 Å². The molecule has 1 aromatic rings. The molecule has 0 unspecified atom stereocenters. The zero-order valence-corrected chi connectivity index (χ0v) is 10.2. The number of carbonyl (C=O) groups excluding carboxylic acids is 2. The maximum atomic E-state index is 13.0. The minimum atomic E-state index is -0.498. The van der Waals surface area contributed by atoms with Gasteiger partial charge in [-0.3, -0.25) is 9.59 Å². The van der Waals surface area contributed by atoms with Crippen LogP contribution in [0, 0.1) is 5.82 Å². The summed E-state index contributed by atoms with van der Waals surface area (Å²) in [5, 5.41) is 2.44. The van der Waals surface area contributed by atoms with Crippen molar-refractivity contribution in [2.24, 2.45) is 0 Å². The molecular formula is C12H13ClFNO2. The van der Waals surface area contributed by atoms with Gasteiger partial charge in [-0.15, -0.1) is 11.6 Å². The minimum absolute atomic E-state index is 0.158. The molecule has 1 N–H and O–H groups in total. The first kappa shape index (κ1) is 13.6. The molecule has 0 spiro atoms. The van der Waals surface area contributed by atoms with Crippen LogP contribution in [0.15, 0.2) is 18.2 Å². The van der Waals surface area contributed by atoms with E-state index < -0.39 is 5.82 Å². The number of alkyl halides is 1. The summed E-state index contributed by atoms with van der Waals surface area (Å²) in [4.78, 5) is 22.7. The number of benzene rings is 1. The molecule has 0 aliphatic rings. The number of Topliss-reactive ketones (excluding diaryl/α,β-unsaturated/α-hetero) is 1. The van der Waals surface area contributed by atoms with Crippen molar-refractivity contribution < 1.29 is 14.0 Å². The van der Waals surface area contributed by atoms with Crippen molar-refractivity contribution in [3.05, 3.63) is 29.6 Å². The molecule has 5 heteroatoms. The fraction of sp³-hybridized carbons (Fsp3) is 0.333. The fourth-order valence-electron chi connectivity index (χ4n) is 1.41. The van der Waals surface area contributed by atoms with E-state index >= 15 is 0 Å². The third kappa shape index (κ3) is 4.15. The zero-order chi connectivity index (χ0) is 12.8. The first-order chi connectivity index (χ1) is 8.04. The predicted octanol–water partition coefficient (Wildman–Crippen LogP) is 2.99. The third-order valence-electron chi connectivity index (χ3n) is 2.13. The molecule has 0 atom stereocenters. The highest BCUT2D eigenvalue weighted by Gasteiger charge is 2.12. The van der Waals surface area contributed by atoms with Crippen molar-refractivity contribution >= 4 is 29.0 Å². The van der Waals surface area contributed by atoms with Crippen LogP contribution < -0.4 is 5.32 Å². The van der Waals surface area contributed by atoms with Gasteiger partial charge in [0.25, 0.3) is 0 Å². The van der Waals surface area contributed by atoms with E-state index in [1.54, 1.807) is 0 Å². The van der Waals surface area contributed by atoms with E-state index in [2.05, 4.69) is 5.32 Å². The lowest BCUT2D eigenvalue weighted by Gasteiger charge is -2.08. The quantitative estimate of drug-likeness (QED) is 0.651. The van der Waals surface area contributed by atoms with Gasteiger partial charge in [-0.25, -0.2) is 4.39 Å². The molecule has 0 saturated carbocycles. The summed E-state index contributed by atoms with van der Waals surface area (Å²) in [6.07, 6.45) is 0.832. The van der Waals surface area contributed by atoms with Crippen molar-refractivity contribution in [3.8, 4) is 0 Å². The normalized spacial score (nSPS) is 10.1. The first-order valence-electron chi connectivity index (χ1n) is 5.21. The number of amides is 1. The molecule has 92 valence electrons. The number of ketones is 1. The monoisotopic (exact) mass is 257 g/mol. The first-order valence-corrected chi connectivity index (χ1v) is 5.74. The average molecular weight is 258 g/mol. The van der Waals surface area contributed by atoms with Crippen molar-refractivity contribution in [1.29, 1.82) is 0 Å². The standard InChI is InChI=1S/C12H13ClFNO2/c1-8(16)15-11-7-9(14)4-5-10(11)12(17)3-2-6-13/h4-5,7H,2-3,6H2,1H3,(H,15,16). The minimum Gasteiger partial charge on any atom is -0.326 e. The van der Waals surface area contributed by atoms with Gasteiger partial charge in [-0.1, -0.05) is 0 Å². The second-order valence-electron chi connectivity index (χ2n) is 3.59. The van der Waals surface area contributed by atoms with Gasteiger partial charge in [0, 0.05) is 24.8 Å². The molecule has 0 radical (unpaired) electrons. The maximum Gasteiger partial charge on any atom is 0.221 e. The van der Waals surface area contributed by atoms with Gasteiger partial charge in [-0.2, -0.15) is 0 Å². The highest BCUT2D eigenvalue weighted by Crippen LogP contribution is 2.19. The van der Waals surface area contributed by atoms with E-state index in [0.717, 1.165) is 6.07 Å². The maximum absolute atomic E-state index is 13.0. The molecule has 0 heterocycles. The van der Waals surface area contributed by atoms with Gasteiger partial charge in [0.05, 0.1) is 5.69 Å².